The maximum absolute atomic E-state index is 13.9. The van der Waals surface area contributed by atoms with E-state index in [-0.39, 0.29) is 35.5 Å². The molecule has 7 rings (SSSR count). The van der Waals surface area contributed by atoms with Crippen LogP contribution < -0.4 is 0 Å². The van der Waals surface area contributed by atoms with E-state index in [4.69, 9.17) is 0 Å². The van der Waals surface area contributed by atoms with Crippen molar-refractivity contribution >= 4 is 11.8 Å². The number of hydrogen-bond donors (Lipinski definition) is 0. The Morgan fingerprint density at radius 1 is 0.600 bits per heavy atom. The summed E-state index contributed by atoms with van der Waals surface area (Å²) in [5.74, 6) is -0.817. The topological polar surface area (TPSA) is 37.4 Å². The van der Waals surface area contributed by atoms with Gasteiger partial charge >= 0.3 is 0 Å². The molecule has 1 heterocycles. The molecule has 2 atom stereocenters. The van der Waals surface area contributed by atoms with Crippen molar-refractivity contribution < 1.29 is 9.59 Å². The van der Waals surface area contributed by atoms with Crippen LogP contribution in [0.2, 0.25) is 0 Å². The predicted octanol–water partition coefficient (Wildman–Crippen LogP) is 4.81. The summed E-state index contributed by atoms with van der Waals surface area (Å²) in [4.78, 5) is 29.3. The zero-order chi connectivity index (χ0) is 20.6. The van der Waals surface area contributed by atoms with Gasteiger partial charge < -0.3 is 0 Å². The van der Waals surface area contributed by atoms with Crippen molar-refractivity contribution in [2.75, 3.05) is 0 Å². The van der Waals surface area contributed by atoms with Crippen LogP contribution in [-0.2, 0) is 15.1 Å². The van der Waals surface area contributed by atoms with Crippen LogP contribution in [0.3, 0.4) is 0 Å². The number of amides is 2. The second-order valence-corrected chi connectivity index (χ2v) is 9.20. The maximum atomic E-state index is 13.9. The van der Waals surface area contributed by atoms with E-state index < -0.39 is 5.54 Å². The highest BCUT2D eigenvalue weighted by atomic mass is 16.2. The van der Waals surface area contributed by atoms with Gasteiger partial charge in [-0.05, 0) is 41.7 Å². The molecule has 1 saturated heterocycles. The van der Waals surface area contributed by atoms with Crippen molar-refractivity contribution in [1.82, 2.24) is 4.90 Å². The minimum Gasteiger partial charge on any atom is -0.274 e. The van der Waals surface area contributed by atoms with Gasteiger partial charge in [-0.25, -0.2) is 0 Å². The minimum absolute atomic E-state index is 0.0298. The molecule has 0 saturated carbocycles. The largest absolute Gasteiger partial charge is 0.274 e. The number of carbonyl (C=O) groups excluding carboxylic acids is 2. The average Bonchev–Trinajstić information content (AvgIpc) is 3.06. The first kappa shape index (κ1) is 17.6. The fourth-order valence-corrected chi connectivity index (χ4v) is 6.20. The van der Waals surface area contributed by atoms with Crippen LogP contribution in [0, 0.1) is 11.8 Å². The van der Waals surface area contributed by atoms with Crippen molar-refractivity contribution in [1.29, 1.82) is 0 Å². The molecule has 3 aromatic rings. The van der Waals surface area contributed by atoms with Crippen molar-refractivity contribution in [2.24, 2.45) is 11.8 Å². The Hall–Kier alpha value is -3.20. The lowest BCUT2D eigenvalue weighted by molar-refractivity contribution is -0.146. The molecule has 0 radical (unpaired) electrons. The average molecular weight is 393 g/mol. The molecule has 3 aliphatic carbocycles. The van der Waals surface area contributed by atoms with E-state index in [1.54, 1.807) is 4.90 Å². The Balaban J connectivity index is 1.55. The third-order valence-corrected chi connectivity index (χ3v) is 7.49. The third-order valence-electron chi connectivity index (χ3n) is 7.49. The molecule has 0 spiro atoms. The van der Waals surface area contributed by atoms with Crippen LogP contribution >= 0.6 is 0 Å². The van der Waals surface area contributed by atoms with Crippen LogP contribution in [0.25, 0.3) is 0 Å². The minimum atomic E-state index is -0.690. The number of likely N-dealkylation sites (tertiary alicyclic amines) is 1. The van der Waals surface area contributed by atoms with E-state index in [0.717, 1.165) is 5.56 Å². The zero-order valence-corrected chi connectivity index (χ0v) is 17.1. The number of imide groups is 1. The summed E-state index contributed by atoms with van der Waals surface area (Å²) in [6, 6.07) is 26.6. The highest BCUT2D eigenvalue weighted by molar-refractivity contribution is 6.08. The number of benzene rings is 3. The number of rotatable bonds is 2. The summed E-state index contributed by atoms with van der Waals surface area (Å²) in [5.41, 5.74) is 5.13. The Kier molecular flexibility index (Phi) is 3.48. The maximum Gasteiger partial charge on any atom is 0.234 e. The molecule has 148 valence electrons. The van der Waals surface area contributed by atoms with Crippen molar-refractivity contribution in [3.63, 3.8) is 0 Å². The molecular weight excluding hydrogens is 370 g/mol. The van der Waals surface area contributed by atoms with Crippen LogP contribution in [-0.4, -0.2) is 16.7 Å². The number of carbonyl (C=O) groups is 2. The molecule has 3 nitrogen and oxygen atoms in total. The molecule has 4 aliphatic rings. The highest BCUT2D eigenvalue weighted by Gasteiger charge is 2.63. The quantitative estimate of drug-likeness (QED) is 0.586. The lowest BCUT2D eigenvalue weighted by atomic mass is 9.55. The Morgan fingerprint density at radius 2 is 0.967 bits per heavy atom. The van der Waals surface area contributed by atoms with Crippen LogP contribution in [0.1, 0.15) is 53.5 Å². The van der Waals surface area contributed by atoms with E-state index in [2.05, 4.69) is 24.3 Å². The highest BCUT2D eigenvalue weighted by Crippen LogP contribution is 2.61. The first-order valence-electron chi connectivity index (χ1n) is 10.6. The first-order valence-corrected chi connectivity index (χ1v) is 10.6. The summed E-state index contributed by atoms with van der Waals surface area (Å²) < 4.78 is 0. The summed E-state index contributed by atoms with van der Waals surface area (Å²) >= 11 is 0. The van der Waals surface area contributed by atoms with Gasteiger partial charge in [-0.2, -0.15) is 0 Å². The second kappa shape index (κ2) is 5.91. The summed E-state index contributed by atoms with van der Waals surface area (Å²) in [6.45, 7) is 3.97. The van der Waals surface area contributed by atoms with Gasteiger partial charge in [-0.15, -0.1) is 0 Å². The Morgan fingerprint density at radius 3 is 1.37 bits per heavy atom. The molecule has 2 bridgehead atoms. The fraction of sp³-hybridized carbons (Fsp3) is 0.259. The van der Waals surface area contributed by atoms with E-state index in [9.17, 15) is 9.59 Å². The first-order chi connectivity index (χ1) is 14.5. The standard InChI is InChI=1S/C27H23NO2/c1-27(2,16-10-4-3-5-11-16)28-25(29)23-21-17-12-6-7-13-18(17)22(24(23)26(28)30)20-15-9-8-14-19(20)21/h3-15,21-24H,1-2H3/t21?,22?,23-,24-/m1/s1. The Bertz CT molecular complexity index is 1080. The molecule has 2 amide bonds. The van der Waals surface area contributed by atoms with E-state index in [1.807, 2.05) is 68.4 Å². The molecule has 30 heavy (non-hydrogen) atoms. The smallest absolute Gasteiger partial charge is 0.234 e. The van der Waals surface area contributed by atoms with Gasteiger partial charge in [0, 0.05) is 11.8 Å². The van der Waals surface area contributed by atoms with Crippen molar-refractivity contribution in [3.8, 4) is 0 Å². The van der Waals surface area contributed by atoms with Gasteiger partial charge in [0.15, 0.2) is 0 Å². The molecule has 3 heteroatoms. The fourth-order valence-electron chi connectivity index (χ4n) is 6.20. The van der Waals surface area contributed by atoms with Gasteiger partial charge in [0.05, 0.1) is 17.4 Å². The van der Waals surface area contributed by atoms with Crippen molar-refractivity contribution in [2.45, 2.75) is 31.2 Å². The monoisotopic (exact) mass is 393 g/mol. The normalized spacial score (nSPS) is 26.4. The van der Waals surface area contributed by atoms with Crippen LogP contribution in [0.15, 0.2) is 78.9 Å². The predicted molar refractivity (Wildman–Crippen MR) is 115 cm³/mol. The lowest BCUT2D eigenvalue weighted by Crippen LogP contribution is -2.46. The van der Waals surface area contributed by atoms with E-state index in [1.165, 1.54) is 22.3 Å². The number of nitrogens with zero attached hydrogens (tertiary/aromatic N) is 1. The van der Waals surface area contributed by atoms with E-state index >= 15 is 0 Å². The zero-order valence-electron chi connectivity index (χ0n) is 17.1. The van der Waals surface area contributed by atoms with Gasteiger partial charge in [-0.1, -0.05) is 78.9 Å². The molecule has 0 unspecified atom stereocenters. The van der Waals surface area contributed by atoms with Crippen LogP contribution in [0.5, 0.6) is 0 Å². The van der Waals surface area contributed by atoms with Gasteiger partial charge in [0.2, 0.25) is 11.8 Å². The lowest BCUT2D eigenvalue weighted by Gasteiger charge is -2.45. The second-order valence-electron chi connectivity index (χ2n) is 9.20. The van der Waals surface area contributed by atoms with Gasteiger partial charge in [0.1, 0.15) is 0 Å². The molecule has 3 aromatic carbocycles. The van der Waals surface area contributed by atoms with Crippen LogP contribution in [0.4, 0.5) is 0 Å². The van der Waals surface area contributed by atoms with E-state index in [0.29, 0.717) is 0 Å². The SMILES string of the molecule is CC(C)(c1ccccc1)N1C(=O)[C@@H]2C3c4ccccc4C(c4ccccc43)[C@H]2C1=O. The summed E-state index contributed by atoms with van der Waals surface area (Å²) in [6.07, 6.45) is 0. The molecular formula is C27H23NO2. The summed E-state index contributed by atoms with van der Waals surface area (Å²) in [5, 5.41) is 0. The molecule has 1 fully saturated rings. The number of hydrogen-bond acceptors (Lipinski definition) is 2. The van der Waals surface area contributed by atoms with Gasteiger partial charge in [-0.3, -0.25) is 14.5 Å². The Labute approximate surface area is 176 Å². The van der Waals surface area contributed by atoms with Gasteiger partial charge in [0.25, 0.3) is 0 Å². The third kappa shape index (κ3) is 2.05. The molecule has 0 N–H and O–H groups in total. The molecule has 1 aliphatic heterocycles. The summed E-state index contributed by atoms with van der Waals surface area (Å²) in [7, 11) is 0. The molecule has 0 aromatic heterocycles. The van der Waals surface area contributed by atoms with Crippen molar-refractivity contribution in [3.05, 3.63) is 107 Å².